The molecule has 3 nitrogen and oxygen atoms in total. The number of aryl methyl sites for hydroxylation is 1. The van der Waals surface area contributed by atoms with Gasteiger partial charge < -0.3 is 10.2 Å². The largest absolute Gasteiger partial charge is 0.477 e. The van der Waals surface area contributed by atoms with Crippen LogP contribution in [0, 0.1) is 11.6 Å². The highest BCUT2D eigenvalue weighted by Crippen LogP contribution is 2.28. The Hall–Kier alpha value is -2.41. The van der Waals surface area contributed by atoms with Gasteiger partial charge >= 0.3 is 11.9 Å². The first-order chi connectivity index (χ1) is 12.2. The molecule has 1 unspecified atom stereocenters. The maximum atomic E-state index is 14.2. The summed E-state index contributed by atoms with van der Waals surface area (Å²) in [6.07, 6.45) is -2.08. The van der Waals surface area contributed by atoms with Crippen molar-refractivity contribution < 1.29 is 32.6 Å². The zero-order valence-corrected chi connectivity index (χ0v) is 14.0. The van der Waals surface area contributed by atoms with Crippen LogP contribution >= 0.6 is 0 Å². The van der Waals surface area contributed by atoms with Gasteiger partial charge in [0.25, 0.3) is 0 Å². The minimum Gasteiger partial charge on any atom is -0.477 e. The molecule has 0 amide bonds. The number of carbonyl (C=O) groups is 1. The van der Waals surface area contributed by atoms with E-state index in [-0.39, 0.29) is 5.56 Å². The maximum absolute atomic E-state index is 14.2. The summed E-state index contributed by atoms with van der Waals surface area (Å²) in [4.78, 5) is 10.4. The van der Waals surface area contributed by atoms with Crippen LogP contribution in [0.2, 0.25) is 0 Å². The van der Waals surface area contributed by atoms with Crippen molar-refractivity contribution in [2.75, 3.05) is 0 Å². The molecule has 0 saturated carbocycles. The van der Waals surface area contributed by atoms with E-state index >= 15 is 0 Å². The Bertz CT molecular complexity index is 765. The van der Waals surface area contributed by atoms with Gasteiger partial charge in [-0.05, 0) is 35.2 Å². The Morgan fingerprint density at radius 2 is 1.62 bits per heavy atom. The lowest BCUT2D eigenvalue weighted by atomic mass is 9.97. The molecule has 0 fully saturated rings. The Kier molecular flexibility index (Phi) is 6.02. The van der Waals surface area contributed by atoms with E-state index in [1.807, 2.05) is 19.1 Å². The van der Waals surface area contributed by atoms with Crippen LogP contribution in [0.25, 0.3) is 11.1 Å². The number of hydrogen-bond donors (Lipinski definition) is 2. The van der Waals surface area contributed by atoms with Crippen LogP contribution in [-0.4, -0.2) is 28.2 Å². The van der Waals surface area contributed by atoms with E-state index < -0.39 is 41.6 Å². The zero-order valence-electron chi connectivity index (χ0n) is 14.0. The minimum atomic E-state index is -4.51. The van der Waals surface area contributed by atoms with E-state index in [1.165, 1.54) is 0 Å². The molecule has 26 heavy (non-hydrogen) atoms. The second-order valence-corrected chi connectivity index (χ2v) is 6.01. The molecule has 0 aliphatic heterocycles. The van der Waals surface area contributed by atoms with E-state index in [2.05, 4.69) is 0 Å². The zero-order chi connectivity index (χ0) is 19.5. The van der Waals surface area contributed by atoms with E-state index in [1.54, 1.807) is 12.1 Å². The van der Waals surface area contributed by atoms with Crippen molar-refractivity contribution in [3.63, 3.8) is 0 Å². The lowest BCUT2D eigenvalue weighted by Crippen LogP contribution is -2.42. The van der Waals surface area contributed by atoms with Crippen molar-refractivity contribution >= 4 is 5.97 Å². The third-order valence-corrected chi connectivity index (χ3v) is 4.07. The van der Waals surface area contributed by atoms with Gasteiger partial charge in [-0.25, -0.2) is 13.6 Å². The van der Waals surface area contributed by atoms with Crippen molar-refractivity contribution in [3.05, 3.63) is 59.2 Å². The summed E-state index contributed by atoms with van der Waals surface area (Å²) >= 11 is 0. The van der Waals surface area contributed by atoms with Gasteiger partial charge in [0.1, 0.15) is 17.7 Å². The Labute approximate surface area is 147 Å². The maximum Gasteiger partial charge on any atom is 0.377 e. The summed E-state index contributed by atoms with van der Waals surface area (Å²) in [5.41, 5.74) is 1.05. The second-order valence-electron chi connectivity index (χ2n) is 6.01. The quantitative estimate of drug-likeness (QED) is 0.718. The fourth-order valence-corrected chi connectivity index (χ4v) is 2.58. The first-order valence-electron chi connectivity index (χ1n) is 8.03. The SMILES string of the molecule is CCCc1ccc(-c2cc(F)c(CC(O)C(F)(F)C(=O)O)c(F)c2)cc1. The predicted octanol–water partition coefficient (Wildman–Crippen LogP) is 4.21. The van der Waals surface area contributed by atoms with E-state index in [0.717, 1.165) is 30.5 Å². The molecule has 2 aromatic rings. The number of aliphatic hydroxyl groups is 1. The molecule has 0 radical (unpaired) electrons. The minimum absolute atomic E-state index is 0.214. The van der Waals surface area contributed by atoms with Crippen LogP contribution < -0.4 is 0 Å². The molecule has 0 aromatic heterocycles. The lowest BCUT2D eigenvalue weighted by molar-refractivity contribution is -0.181. The van der Waals surface area contributed by atoms with Crippen LogP contribution in [0.1, 0.15) is 24.5 Å². The number of halogens is 4. The van der Waals surface area contributed by atoms with Gasteiger partial charge in [0.05, 0.1) is 0 Å². The average Bonchev–Trinajstić information content (AvgIpc) is 2.58. The fraction of sp³-hybridized carbons (Fsp3) is 0.316. The van der Waals surface area contributed by atoms with E-state index in [0.29, 0.717) is 5.56 Å². The third-order valence-electron chi connectivity index (χ3n) is 4.07. The normalized spacial score (nSPS) is 12.8. The van der Waals surface area contributed by atoms with Crippen LogP contribution in [0.15, 0.2) is 36.4 Å². The first-order valence-corrected chi connectivity index (χ1v) is 8.03. The molecule has 7 heteroatoms. The monoisotopic (exact) mass is 370 g/mol. The van der Waals surface area contributed by atoms with Crippen molar-refractivity contribution in [1.29, 1.82) is 0 Å². The number of carboxylic acids is 1. The highest BCUT2D eigenvalue weighted by Gasteiger charge is 2.47. The Morgan fingerprint density at radius 3 is 2.08 bits per heavy atom. The molecule has 0 spiro atoms. The van der Waals surface area contributed by atoms with Gasteiger partial charge in [0, 0.05) is 12.0 Å². The summed E-state index contributed by atoms with van der Waals surface area (Å²) in [5.74, 6) is -9.32. The van der Waals surface area contributed by atoms with Gasteiger partial charge in [0.15, 0.2) is 0 Å². The van der Waals surface area contributed by atoms with Crippen molar-refractivity contribution in [1.82, 2.24) is 0 Å². The summed E-state index contributed by atoms with van der Waals surface area (Å²) in [6.45, 7) is 2.03. The second kappa shape index (κ2) is 7.86. The van der Waals surface area contributed by atoms with E-state index in [4.69, 9.17) is 5.11 Å². The van der Waals surface area contributed by atoms with Crippen molar-refractivity contribution in [2.24, 2.45) is 0 Å². The summed E-state index contributed by atoms with van der Waals surface area (Å²) < 4.78 is 54.9. The number of alkyl halides is 2. The molecule has 0 heterocycles. The van der Waals surface area contributed by atoms with Crippen molar-refractivity contribution in [2.45, 2.75) is 38.2 Å². The standard InChI is InChI=1S/C19H18F4O3/c1-2-3-11-4-6-12(7-5-11)13-8-15(20)14(16(21)9-13)10-17(24)19(22,23)18(25)26/h4-9,17,24H,2-3,10H2,1H3,(H,25,26). The number of aliphatic hydroxyl groups excluding tert-OH is 1. The van der Waals surface area contributed by atoms with Gasteiger partial charge in [0.2, 0.25) is 0 Å². The fourth-order valence-electron chi connectivity index (χ4n) is 2.58. The Balaban J connectivity index is 2.29. The number of benzene rings is 2. The van der Waals surface area contributed by atoms with Crippen LogP contribution in [-0.2, 0) is 17.6 Å². The molecule has 0 bridgehead atoms. The number of aliphatic carboxylic acids is 1. The molecule has 2 N–H and O–H groups in total. The van der Waals surface area contributed by atoms with Gasteiger partial charge in [-0.2, -0.15) is 8.78 Å². The number of rotatable bonds is 7. The van der Waals surface area contributed by atoms with E-state index in [9.17, 15) is 27.5 Å². The molecular weight excluding hydrogens is 352 g/mol. The number of hydrogen-bond acceptors (Lipinski definition) is 2. The highest BCUT2D eigenvalue weighted by atomic mass is 19.3. The summed E-state index contributed by atoms with van der Waals surface area (Å²) in [7, 11) is 0. The molecule has 2 rings (SSSR count). The molecule has 1 atom stereocenters. The Morgan fingerprint density at radius 1 is 1.08 bits per heavy atom. The van der Waals surface area contributed by atoms with Gasteiger partial charge in [-0.15, -0.1) is 0 Å². The van der Waals surface area contributed by atoms with Gasteiger partial charge in [-0.1, -0.05) is 37.6 Å². The van der Waals surface area contributed by atoms with Crippen LogP contribution in [0.4, 0.5) is 17.6 Å². The van der Waals surface area contributed by atoms with Crippen LogP contribution in [0.5, 0.6) is 0 Å². The van der Waals surface area contributed by atoms with Crippen molar-refractivity contribution in [3.8, 4) is 11.1 Å². The molecule has 0 aliphatic rings. The average molecular weight is 370 g/mol. The smallest absolute Gasteiger partial charge is 0.377 e. The third kappa shape index (κ3) is 4.22. The molecular formula is C19H18F4O3. The predicted molar refractivity (Wildman–Crippen MR) is 88.1 cm³/mol. The first kappa shape index (κ1) is 19.9. The molecule has 2 aromatic carbocycles. The highest BCUT2D eigenvalue weighted by molar-refractivity contribution is 5.76. The topological polar surface area (TPSA) is 57.5 Å². The van der Waals surface area contributed by atoms with Gasteiger partial charge in [-0.3, -0.25) is 0 Å². The molecule has 0 saturated heterocycles. The summed E-state index contributed by atoms with van der Waals surface area (Å²) in [5, 5.41) is 17.7. The lowest BCUT2D eigenvalue weighted by Gasteiger charge is -2.19. The molecule has 140 valence electrons. The van der Waals surface area contributed by atoms with Crippen LogP contribution in [0.3, 0.4) is 0 Å². The summed E-state index contributed by atoms with van der Waals surface area (Å²) in [6, 6.07) is 9.01. The molecule has 0 aliphatic carbocycles. The number of carboxylic acid groups (broad SMARTS) is 1.